The molecule has 0 spiro atoms. The van der Waals surface area contributed by atoms with Crippen molar-refractivity contribution in [3.05, 3.63) is 65.7 Å². The van der Waals surface area contributed by atoms with Gasteiger partial charge in [-0.15, -0.1) is 0 Å². The Balaban J connectivity index is 1.77. The molecule has 0 aromatic heterocycles. The summed E-state index contributed by atoms with van der Waals surface area (Å²) in [6.45, 7) is 6.22. The van der Waals surface area contributed by atoms with Gasteiger partial charge in [0, 0.05) is 29.3 Å². The summed E-state index contributed by atoms with van der Waals surface area (Å²) in [5.41, 5.74) is 1.92. The molecule has 4 heteroatoms. The molecule has 0 bridgehead atoms. The van der Waals surface area contributed by atoms with Gasteiger partial charge in [-0.25, -0.2) is 0 Å². The third-order valence-corrected chi connectivity index (χ3v) is 4.49. The summed E-state index contributed by atoms with van der Waals surface area (Å²) in [6, 6.07) is 17.6. The number of amides is 2. The standard InChI is InChI=1S/C22H26N2O2/c1-22(2,3)21(26)23-18-11-7-10-17(14-18)20(25)24(19-12-13-19)15-16-8-5-4-6-9-16/h4-11,14,19H,12-13,15H2,1-3H3,(H,23,26). The van der Waals surface area contributed by atoms with E-state index in [4.69, 9.17) is 0 Å². The quantitative estimate of drug-likeness (QED) is 0.864. The van der Waals surface area contributed by atoms with Crippen molar-refractivity contribution >= 4 is 17.5 Å². The molecule has 1 aliphatic carbocycles. The number of anilines is 1. The van der Waals surface area contributed by atoms with Gasteiger partial charge in [0.2, 0.25) is 5.91 Å². The Kier molecular flexibility index (Phi) is 5.12. The fourth-order valence-electron chi connectivity index (χ4n) is 2.75. The number of rotatable bonds is 5. The van der Waals surface area contributed by atoms with Crippen molar-refractivity contribution in [2.45, 2.75) is 46.2 Å². The molecule has 0 unspecified atom stereocenters. The second-order valence-electron chi connectivity index (χ2n) is 7.93. The fourth-order valence-corrected chi connectivity index (χ4v) is 2.75. The molecule has 1 N–H and O–H groups in total. The van der Waals surface area contributed by atoms with Crippen LogP contribution in [0.25, 0.3) is 0 Å². The Morgan fingerprint density at radius 3 is 2.35 bits per heavy atom. The second-order valence-corrected chi connectivity index (χ2v) is 7.93. The summed E-state index contributed by atoms with van der Waals surface area (Å²) in [5.74, 6) is -0.0476. The van der Waals surface area contributed by atoms with E-state index in [2.05, 4.69) is 5.32 Å². The van der Waals surface area contributed by atoms with Gasteiger partial charge < -0.3 is 10.2 Å². The molecule has 136 valence electrons. The molecule has 1 aliphatic rings. The summed E-state index contributed by atoms with van der Waals surface area (Å²) in [5, 5.41) is 2.90. The second kappa shape index (κ2) is 7.32. The van der Waals surface area contributed by atoms with E-state index >= 15 is 0 Å². The van der Waals surface area contributed by atoms with Crippen molar-refractivity contribution < 1.29 is 9.59 Å². The maximum absolute atomic E-state index is 13.1. The van der Waals surface area contributed by atoms with Crippen molar-refractivity contribution in [2.75, 3.05) is 5.32 Å². The Labute approximate surface area is 155 Å². The number of carbonyl (C=O) groups excluding carboxylic acids is 2. The first kappa shape index (κ1) is 18.2. The highest BCUT2D eigenvalue weighted by Crippen LogP contribution is 2.30. The van der Waals surface area contributed by atoms with E-state index in [0.717, 1.165) is 18.4 Å². The predicted molar refractivity (Wildman–Crippen MR) is 104 cm³/mol. The van der Waals surface area contributed by atoms with Gasteiger partial charge in [0.25, 0.3) is 5.91 Å². The van der Waals surface area contributed by atoms with Gasteiger partial charge >= 0.3 is 0 Å². The van der Waals surface area contributed by atoms with Gasteiger partial charge in [0.15, 0.2) is 0 Å². The molecule has 0 saturated heterocycles. The van der Waals surface area contributed by atoms with Crippen molar-refractivity contribution in [1.82, 2.24) is 4.90 Å². The summed E-state index contributed by atoms with van der Waals surface area (Å²) >= 11 is 0. The summed E-state index contributed by atoms with van der Waals surface area (Å²) in [6.07, 6.45) is 2.11. The third-order valence-electron chi connectivity index (χ3n) is 4.49. The van der Waals surface area contributed by atoms with Crippen molar-refractivity contribution in [3.63, 3.8) is 0 Å². The molecule has 2 aromatic carbocycles. The highest BCUT2D eigenvalue weighted by Gasteiger charge is 2.33. The molecule has 0 atom stereocenters. The number of hydrogen-bond donors (Lipinski definition) is 1. The lowest BCUT2D eigenvalue weighted by atomic mass is 9.95. The van der Waals surface area contributed by atoms with Gasteiger partial charge in [0.1, 0.15) is 0 Å². The minimum absolute atomic E-state index is 0.0169. The van der Waals surface area contributed by atoms with Crippen LogP contribution < -0.4 is 5.32 Å². The molecule has 1 fully saturated rings. The van der Waals surface area contributed by atoms with Crippen LogP contribution in [0.1, 0.15) is 49.5 Å². The summed E-state index contributed by atoms with van der Waals surface area (Å²) < 4.78 is 0. The molecule has 0 radical (unpaired) electrons. The maximum atomic E-state index is 13.1. The highest BCUT2D eigenvalue weighted by molar-refractivity contribution is 5.98. The molecule has 26 heavy (non-hydrogen) atoms. The van der Waals surface area contributed by atoms with Gasteiger partial charge in [-0.3, -0.25) is 9.59 Å². The van der Waals surface area contributed by atoms with Crippen LogP contribution in [0.4, 0.5) is 5.69 Å². The molecule has 2 aromatic rings. The smallest absolute Gasteiger partial charge is 0.254 e. The summed E-state index contributed by atoms with van der Waals surface area (Å²) in [4.78, 5) is 27.2. The molecular weight excluding hydrogens is 324 g/mol. The zero-order chi connectivity index (χ0) is 18.7. The SMILES string of the molecule is CC(C)(C)C(=O)Nc1cccc(C(=O)N(Cc2ccccc2)C2CC2)c1. The van der Waals surface area contributed by atoms with E-state index in [1.54, 1.807) is 6.07 Å². The van der Waals surface area contributed by atoms with Crippen molar-refractivity contribution in [2.24, 2.45) is 5.41 Å². The fraction of sp³-hybridized carbons (Fsp3) is 0.364. The zero-order valence-corrected chi connectivity index (χ0v) is 15.7. The first-order valence-electron chi connectivity index (χ1n) is 9.11. The molecule has 2 amide bonds. The number of nitrogens with zero attached hydrogens (tertiary/aromatic N) is 1. The third kappa shape index (κ3) is 4.51. The first-order chi connectivity index (χ1) is 12.3. The van der Waals surface area contributed by atoms with E-state index < -0.39 is 5.41 Å². The van der Waals surface area contributed by atoms with Crippen molar-refractivity contribution in [1.29, 1.82) is 0 Å². The zero-order valence-electron chi connectivity index (χ0n) is 15.7. The van der Waals surface area contributed by atoms with Crippen LogP contribution in [0.2, 0.25) is 0 Å². The van der Waals surface area contributed by atoms with Crippen LogP contribution in [0.15, 0.2) is 54.6 Å². The van der Waals surface area contributed by atoms with Crippen LogP contribution in [0.3, 0.4) is 0 Å². The first-order valence-corrected chi connectivity index (χ1v) is 9.11. The summed E-state index contributed by atoms with van der Waals surface area (Å²) in [7, 11) is 0. The minimum atomic E-state index is -0.479. The lowest BCUT2D eigenvalue weighted by Crippen LogP contribution is -2.32. The van der Waals surface area contributed by atoms with Gasteiger partial charge in [-0.1, -0.05) is 57.2 Å². The van der Waals surface area contributed by atoms with E-state index in [0.29, 0.717) is 23.8 Å². The lowest BCUT2D eigenvalue weighted by molar-refractivity contribution is -0.123. The number of benzene rings is 2. The van der Waals surface area contributed by atoms with Crippen LogP contribution in [0, 0.1) is 5.41 Å². The Morgan fingerprint density at radius 2 is 1.73 bits per heavy atom. The molecule has 3 rings (SSSR count). The average Bonchev–Trinajstić information content (AvgIpc) is 3.44. The molecule has 4 nitrogen and oxygen atoms in total. The minimum Gasteiger partial charge on any atom is -0.331 e. The number of carbonyl (C=O) groups is 2. The van der Waals surface area contributed by atoms with E-state index in [-0.39, 0.29) is 11.8 Å². The maximum Gasteiger partial charge on any atom is 0.254 e. The van der Waals surface area contributed by atoms with Crippen molar-refractivity contribution in [3.8, 4) is 0 Å². The van der Waals surface area contributed by atoms with Crippen LogP contribution in [-0.2, 0) is 11.3 Å². The van der Waals surface area contributed by atoms with Crippen LogP contribution in [-0.4, -0.2) is 22.8 Å². The Hall–Kier alpha value is -2.62. The molecule has 0 aliphatic heterocycles. The largest absolute Gasteiger partial charge is 0.331 e. The molecule has 1 saturated carbocycles. The number of hydrogen-bond acceptors (Lipinski definition) is 2. The molecule has 0 heterocycles. The van der Waals surface area contributed by atoms with Gasteiger partial charge in [-0.05, 0) is 36.6 Å². The molecular formula is C22H26N2O2. The van der Waals surface area contributed by atoms with Crippen LogP contribution in [0.5, 0.6) is 0 Å². The Morgan fingerprint density at radius 1 is 1.04 bits per heavy atom. The van der Waals surface area contributed by atoms with E-state index in [1.807, 2.05) is 74.2 Å². The predicted octanol–water partition coefficient (Wildman–Crippen LogP) is 4.48. The highest BCUT2D eigenvalue weighted by atomic mass is 16.2. The normalized spacial score (nSPS) is 14.0. The van der Waals surface area contributed by atoms with Gasteiger partial charge in [-0.2, -0.15) is 0 Å². The van der Waals surface area contributed by atoms with E-state index in [9.17, 15) is 9.59 Å². The monoisotopic (exact) mass is 350 g/mol. The average molecular weight is 350 g/mol. The number of nitrogens with one attached hydrogen (secondary N) is 1. The lowest BCUT2D eigenvalue weighted by Gasteiger charge is -2.23. The van der Waals surface area contributed by atoms with Crippen LogP contribution >= 0.6 is 0 Å². The van der Waals surface area contributed by atoms with Gasteiger partial charge in [0.05, 0.1) is 0 Å². The van der Waals surface area contributed by atoms with E-state index in [1.165, 1.54) is 0 Å². The topological polar surface area (TPSA) is 49.4 Å². The Bertz CT molecular complexity index is 789.